The van der Waals surface area contributed by atoms with Crippen molar-refractivity contribution in [2.24, 2.45) is 0 Å². The fraction of sp³-hybridized carbons (Fsp3) is 0.571. The first-order valence-corrected chi connectivity index (χ1v) is 6.97. The summed E-state index contributed by atoms with van der Waals surface area (Å²) < 4.78 is 0. The zero-order valence-corrected chi connectivity index (χ0v) is 11.0. The van der Waals surface area contributed by atoms with Gasteiger partial charge in [0.05, 0.1) is 0 Å². The minimum absolute atomic E-state index is 0.618. The molecule has 1 N–H and O–H groups in total. The molecule has 0 saturated carbocycles. The van der Waals surface area contributed by atoms with Gasteiger partial charge in [-0.3, -0.25) is 0 Å². The Morgan fingerprint density at radius 1 is 1.29 bits per heavy atom. The van der Waals surface area contributed by atoms with Crippen LogP contribution in [-0.2, 0) is 6.54 Å². The Morgan fingerprint density at radius 2 is 2.12 bits per heavy atom. The molecule has 1 heterocycles. The summed E-state index contributed by atoms with van der Waals surface area (Å²) in [4.78, 5) is 2.46. The normalized spacial score (nSPS) is 21.6. The second-order valence-electron chi connectivity index (χ2n) is 4.70. The third kappa shape index (κ3) is 4.30. The summed E-state index contributed by atoms with van der Waals surface area (Å²) in [5.74, 6) is 0.741. The minimum Gasteiger partial charge on any atom is -0.309 e. The summed E-state index contributed by atoms with van der Waals surface area (Å²) in [6, 6.07) is 11.2. The molecule has 2 rings (SSSR count). The van der Waals surface area contributed by atoms with Crippen LogP contribution in [0.4, 0.5) is 0 Å². The first kappa shape index (κ1) is 12.9. The Balaban J connectivity index is 1.75. The van der Waals surface area contributed by atoms with Crippen LogP contribution in [0, 0.1) is 0 Å². The van der Waals surface area contributed by atoms with Gasteiger partial charge < -0.3 is 10.2 Å². The van der Waals surface area contributed by atoms with E-state index in [0.717, 1.165) is 25.5 Å². The summed E-state index contributed by atoms with van der Waals surface area (Å²) in [5.41, 5.74) is 1.36. The van der Waals surface area contributed by atoms with Gasteiger partial charge in [0.2, 0.25) is 0 Å². The second kappa shape index (κ2) is 7.00. The molecule has 94 valence electrons. The van der Waals surface area contributed by atoms with E-state index in [9.17, 15) is 0 Å². The van der Waals surface area contributed by atoms with E-state index in [1.807, 2.05) is 0 Å². The lowest BCUT2D eigenvalue weighted by Crippen LogP contribution is -2.45. The SMILES string of the molecule is ClCCN1CCC[C@H](NCc2ccccc2)C1. The van der Waals surface area contributed by atoms with Gasteiger partial charge in [-0.15, -0.1) is 11.6 Å². The molecule has 0 aliphatic carbocycles. The zero-order chi connectivity index (χ0) is 11.9. The third-order valence-corrected chi connectivity index (χ3v) is 3.51. The van der Waals surface area contributed by atoms with E-state index in [1.54, 1.807) is 0 Å². The lowest BCUT2D eigenvalue weighted by Gasteiger charge is -2.32. The second-order valence-corrected chi connectivity index (χ2v) is 5.07. The van der Waals surface area contributed by atoms with Crippen molar-refractivity contribution in [3.8, 4) is 0 Å². The summed E-state index contributed by atoms with van der Waals surface area (Å²) in [6.45, 7) is 4.33. The van der Waals surface area contributed by atoms with Crippen molar-refractivity contribution in [2.45, 2.75) is 25.4 Å². The maximum atomic E-state index is 5.79. The molecule has 1 aliphatic rings. The number of alkyl halides is 1. The molecule has 0 unspecified atom stereocenters. The van der Waals surface area contributed by atoms with Gasteiger partial charge in [0.25, 0.3) is 0 Å². The Morgan fingerprint density at radius 3 is 2.88 bits per heavy atom. The number of piperidine rings is 1. The largest absolute Gasteiger partial charge is 0.309 e. The van der Waals surface area contributed by atoms with E-state index >= 15 is 0 Å². The summed E-state index contributed by atoms with van der Waals surface area (Å²) in [7, 11) is 0. The monoisotopic (exact) mass is 252 g/mol. The summed E-state index contributed by atoms with van der Waals surface area (Å²) in [6.07, 6.45) is 2.56. The molecule has 0 radical (unpaired) electrons. The van der Waals surface area contributed by atoms with Gasteiger partial charge in [0, 0.05) is 31.6 Å². The van der Waals surface area contributed by atoms with Gasteiger partial charge in [-0.2, -0.15) is 0 Å². The van der Waals surface area contributed by atoms with Crippen LogP contribution in [0.15, 0.2) is 30.3 Å². The Hall–Kier alpha value is -0.570. The van der Waals surface area contributed by atoms with Gasteiger partial charge >= 0.3 is 0 Å². The number of likely N-dealkylation sites (tertiary alicyclic amines) is 1. The van der Waals surface area contributed by atoms with Crippen molar-refractivity contribution < 1.29 is 0 Å². The Bertz CT molecular complexity index is 313. The lowest BCUT2D eigenvalue weighted by molar-refractivity contribution is 0.199. The topological polar surface area (TPSA) is 15.3 Å². The van der Waals surface area contributed by atoms with Crippen molar-refractivity contribution in [1.29, 1.82) is 0 Å². The maximum Gasteiger partial charge on any atom is 0.0351 e. The molecule has 2 nitrogen and oxygen atoms in total. The molecule has 0 amide bonds. The number of nitrogens with zero attached hydrogens (tertiary/aromatic N) is 1. The highest BCUT2D eigenvalue weighted by atomic mass is 35.5. The quantitative estimate of drug-likeness (QED) is 0.810. The Kier molecular flexibility index (Phi) is 5.30. The molecule has 0 aromatic heterocycles. The van der Waals surface area contributed by atoms with Crippen LogP contribution in [0.1, 0.15) is 18.4 Å². The average Bonchev–Trinajstić information content (AvgIpc) is 2.39. The highest BCUT2D eigenvalue weighted by Crippen LogP contribution is 2.10. The zero-order valence-electron chi connectivity index (χ0n) is 10.2. The van der Waals surface area contributed by atoms with Crippen molar-refractivity contribution in [3.63, 3.8) is 0 Å². The van der Waals surface area contributed by atoms with E-state index in [0.29, 0.717) is 6.04 Å². The van der Waals surface area contributed by atoms with Crippen LogP contribution in [-0.4, -0.2) is 36.5 Å². The molecule has 1 fully saturated rings. The van der Waals surface area contributed by atoms with E-state index in [-0.39, 0.29) is 0 Å². The molecule has 3 heteroatoms. The van der Waals surface area contributed by atoms with Crippen molar-refractivity contribution in [1.82, 2.24) is 10.2 Å². The fourth-order valence-electron chi connectivity index (χ4n) is 2.40. The number of halogens is 1. The molecule has 0 bridgehead atoms. The first-order chi connectivity index (χ1) is 8.38. The molecule has 1 atom stereocenters. The number of benzene rings is 1. The molecular weight excluding hydrogens is 232 g/mol. The molecule has 1 aromatic carbocycles. The number of rotatable bonds is 5. The predicted molar refractivity (Wildman–Crippen MR) is 73.5 cm³/mol. The van der Waals surface area contributed by atoms with Gasteiger partial charge in [0.1, 0.15) is 0 Å². The predicted octanol–water partition coefficient (Wildman–Crippen LogP) is 2.48. The van der Waals surface area contributed by atoms with Gasteiger partial charge in [-0.05, 0) is 24.9 Å². The minimum atomic E-state index is 0.618. The van der Waals surface area contributed by atoms with Gasteiger partial charge in [-0.1, -0.05) is 30.3 Å². The van der Waals surface area contributed by atoms with E-state index in [2.05, 4.69) is 40.5 Å². The van der Waals surface area contributed by atoms with Gasteiger partial charge in [0.15, 0.2) is 0 Å². The number of hydrogen-bond donors (Lipinski definition) is 1. The standard InChI is InChI=1S/C14H21ClN2/c15-8-10-17-9-4-7-14(12-17)16-11-13-5-2-1-3-6-13/h1-3,5-6,14,16H,4,7-12H2/t14-/m0/s1. The van der Waals surface area contributed by atoms with E-state index in [1.165, 1.54) is 24.9 Å². The third-order valence-electron chi connectivity index (χ3n) is 3.34. The fourth-order valence-corrected chi connectivity index (χ4v) is 2.64. The molecule has 1 aliphatic heterocycles. The van der Waals surface area contributed by atoms with Gasteiger partial charge in [-0.25, -0.2) is 0 Å². The van der Waals surface area contributed by atoms with Crippen LogP contribution in [0.25, 0.3) is 0 Å². The molecule has 1 aromatic rings. The van der Waals surface area contributed by atoms with Crippen molar-refractivity contribution in [3.05, 3.63) is 35.9 Å². The van der Waals surface area contributed by atoms with Crippen LogP contribution in [0.2, 0.25) is 0 Å². The smallest absolute Gasteiger partial charge is 0.0351 e. The van der Waals surface area contributed by atoms with Crippen LogP contribution in [0.5, 0.6) is 0 Å². The molecule has 1 saturated heterocycles. The average molecular weight is 253 g/mol. The van der Waals surface area contributed by atoms with E-state index in [4.69, 9.17) is 11.6 Å². The first-order valence-electron chi connectivity index (χ1n) is 6.44. The lowest BCUT2D eigenvalue weighted by atomic mass is 10.1. The number of hydrogen-bond acceptors (Lipinski definition) is 2. The summed E-state index contributed by atoms with van der Waals surface area (Å²) >= 11 is 5.79. The van der Waals surface area contributed by atoms with Crippen molar-refractivity contribution in [2.75, 3.05) is 25.5 Å². The number of nitrogens with one attached hydrogen (secondary N) is 1. The maximum absolute atomic E-state index is 5.79. The van der Waals surface area contributed by atoms with Crippen LogP contribution in [0.3, 0.4) is 0 Å². The molecule has 17 heavy (non-hydrogen) atoms. The summed E-state index contributed by atoms with van der Waals surface area (Å²) in [5, 5.41) is 3.64. The van der Waals surface area contributed by atoms with Crippen molar-refractivity contribution >= 4 is 11.6 Å². The van der Waals surface area contributed by atoms with Crippen LogP contribution >= 0.6 is 11.6 Å². The highest BCUT2D eigenvalue weighted by Gasteiger charge is 2.18. The van der Waals surface area contributed by atoms with E-state index < -0.39 is 0 Å². The Labute approximate surface area is 109 Å². The molecular formula is C14H21ClN2. The van der Waals surface area contributed by atoms with Crippen LogP contribution < -0.4 is 5.32 Å². The molecule has 0 spiro atoms. The highest BCUT2D eigenvalue weighted by molar-refractivity contribution is 6.18.